The summed E-state index contributed by atoms with van der Waals surface area (Å²) in [6, 6.07) is 11.3. The summed E-state index contributed by atoms with van der Waals surface area (Å²) >= 11 is 0. The number of carbonyl (C=O) groups excluding carboxylic acids is 2. The molecule has 0 atom stereocenters. The van der Waals surface area contributed by atoms with Crippen molar-refractivity contribution < 1.29 is 23.8 Å². The second kappa shape index (κ2) is 20.1. The van der Waals surface area contributed by atoms with Crippen molar-refractivity contribution in [1.29, 1.82) is 0 Å². The Balaban J connectivity index is 0.000000294. The van der Waals surface area contributed by atoms with Gasteiger partial charge in [0, 0.05) is 55.4 Å². The average Bonchev–Trinajstić information content (AvgIpc) is 3.05. The van der Waals surface area contributed by atoms with E-state index in [1.165, 1.54) is 83.7 Å². The summed E-state index contributed by atoms with van der Waals surface area (Å²) in [4.78, 5) is 42.5. The third-order valence-electron chi connectivity index (χ3n) is 6.41. The summed E-state index contributed by atoms with van der Waals surface area (Å²) in [5.74, 6) is -0.548. The van der Waals surface area contributed by atoms with Crippen LogP contribution in [-0.4, -0.2) is 81.6 Å². The lowest BCUT2D eigenvalue weighted by Gasteiger charge is -2.29. The molecule has 1 aliphatic heterocycles. The van der Waals surface area contributed by atoms with Crippen LogP contribution in [-0.2, 0) is 30.3 Å². The summed E-state index contributed by atoms with van der Waals surface area (Å²) in [6.07, 6.45) is 10.0. The highest BCUT2D eigenvalue weighted by Crippen LogP contribution is 2.27. The molecule has 11 heteroatoms. The van der Waals surface area contributed by atoms with E-state index in [9.17, 15) is 14.4 Å². The van der Waals surface area contributed by atoms with Gasteiger partial charge < -0.3 is 34.3 Å². The topological polar surface area (TPSA) is 129 Å². The standard InChI is InChI=1S/C15H23N3O6.C14H16N2.C2H6/c1-22-15(21)11-18-10-13(2-3-14(18)20)17(12-19)5-7-24-9-8-23-6-4-16;1-4-8-16(9-5-1)14-11-15-10-12-6-2-3-7-13(12)14;1-2/h2-3,10,12H,4-9,11,16H2,1H3;2-3,6-7,10-11H,1,4-5,8-9H2;1-2H3. The zero-order valence-corrected chi connectivity index (χ0v) is 25.1. The molecule has 0 spiro atoms. The molecular formula is C31H45N5O6. The highest BCUT2D eigenvalue weighted by molar-refractivity contribution is 5.93. The Bertz CT molecular complexity index is 1260. The number of nitrogens with two attached hydrogens (primary N) is 1. The van der Waals surface area contributed by atoms with E-state index < -0.39 is 5.97 Å². The molecule has 42 heavy (non-hydrogen) atoms. The van der Waals surface area contributed by atoms with Crippen LogP contribution in [0.2, 0.25) is 0 Å². The first-order chi connectivity index (χ1) is 20.6. The van der Waals surface area contributed by atoms with E-state index in [0.29, 0.717) is 51.6 Å². The molecule has 0 aliphatic carbocycles. The van der Waals surface area contributed by atoms with Crippen molar-refractivity contribution in [1.82, 2.24) is 9.55 Å². The normalized spacial score (nSPS) is 12.4. The molecule has 11 nitrogen and oxygen atoms in total. The van der Waals surface area contributed by atoms with Gasteiger partial charge in [0.1, 0.15) is 6.54 Å². The fourth-order valence-corrected chi connectivity index (χ4v) is 4.31. The van der Waals surface area contributed by atoms with Gasteiger partial charge in [-0.25, -0.2) is 0 Å². The monoisotopic (exact) mass is 583 g/mol. The highest BCUT2D eigenvalue weighted by atomic mass is 16.5. The van der Waals surface area contributed by atoms with Crippen LogP contribution in [0.5, 0.6) is 0 Å². The number of nitrogens with zero attached hydrogens (tertiary/aromatic N) is 4. The van der Waals surface area contributed by atoms with Crippen molar-refractivity contribution in [2.24, 2.45) is 5.73 Å². The lowest BCUT2D eigenvalue weighted by atomic mass is 10.1. The minimum atomic E-state index is -0.548. The molecule has 1 amide bonds. The van der Waals surface area contributed by atoms with Gasteiger partial charge in [-0.3, -0.25) is 19.4 Å². The molecule has 0 saturated carbocycles. The second-order valence-corrected chi connectivity index (χ2v) is 9.17. The zero-order valence-electron chi connectivity index (χ0n) is 25.1. The molecule has 0 radical (unpaired) electrons. The van der Waals surface area contributed by atoms with Crippen molar-refractivity contribution in [2.75, 3.05) is 69.5 Å². The smallest absolute Gasteiger partial charge is 0.325 e. The Morgan fingerprint density at radius 1 is 1.00 bits per heavy atom. The highest BCUT2D eigenvalue weighted by Gasteiger charge is 2.13. The zero-order chi connectivity index (χ0) is 30.6. The molecule has 2 aromatic heterocycles. The number of hydrogen-bond donors (Lipinski definition) is 1. The van der Waals surface area contributed by atoms with Crippen LogP contribution in [0.25, 0.3) is 10.8 Å². The summed E-state index contributed by atoms with van der Waals surface area (Å²) in [5.41, 5.74) is 6.72. The van der Waals surface area contributed by atoms with E-state index in [2.05, 4.69) is 38.9 Å². The number of rotatable bonds is 13. The first-order valence-corrected chi connectivity index (χ1v) is 14.5. The second-order valence-electron chi connectivity index (χ2n) is 9.17. The van der Waals surface area contributed by atoms with E-state index in [4.69, 9.17) is 15.2 Å². The van der Waals surface area contributed by atoms with Crippen LogP contribution in [0.3, 0.4) is 0 Å². The number of esters is 1. The summed E-state index contributed by atoms with van der Waals surface area (Å²) in [5, 5.41) is 2.57. The van der Waals surface area contributed by atoms with Crippen LogP contribution >= 0.6 is 0 Å². The molecule has 0 unspecified atom stereocenters. The summed E-state index contributed by atoms with van der Waals surface area (Å²) < 4.78 is 16.2. The van der Waals surface area contributed by atoms with Crippen LogP contribution < -0.4 is 21.1 Å². The van der Waals surface area contributed by atoms with Gasteiger partial charge in [-0.2, -0.15) is 0 Å². The Labute approximate surface area is 248 Å². The number of carbonyl (C=O) groups is 2. The average molecular weight is 584 g/mol. The Morgan fingerprint density at radius 2 is 1.71 bits per heavy atom. The summed E-state index contributed by atoms with van der Waals surface area (Å²) in [7, 11) is 1.24. The molecule has 2 N–H and O–H groups in total. The number of aromatic nitrogens is 2. The Hall–Kier alpha value is -3.80. The maximum absolute atomic E-state index is 11.7. The van der Waals surface area contributed by atoms with Crippen LogP contribution in [0.4, 0.5) is 11.4 Å². The number of amides is 1. The van der Waals surface area contributed by atoms with E-state index in [1.807, 2.05) is 26.2 Å². The first kappa shape index (κ1) is 34.4. The van der Waals surface area contributed by atoms with Gasteiger partial charge in [0.25, 0.3) is 5.56 Å². The molecular weight excluding hydrogens is 538 g/mol. The lowest BCUT2D eigenvalue weighted by molar-refractivity contribution is -0.141. The van der Waals surface area contributed by atoms with Gasteiger partial charge in [-0.1, -0.05) is 38.1 Å². The predicted octanol–water partition coefficient (Wildman–Crippen LogP) is 3.23. The molecule has 3 aromatic rings. The van der Waals surface area contributed by atoms with E-state index >= 15 is 0 Å². The van der Waals surface area contributed by atoms with Crippen LogP contribution in [0.1, 0.15) is 33.1 Å². The van der Waals surface area contributed by atoms with E-state index in [1.54, 1.807) is 0 Å². The minimum Gasteiger partial charge on any atom is -0.468 e. The molecule has 3 heterocycles. The van der Waals surface area contributed by atoms with Crippen molar-refractivity contribution in [3.63, 3.8) is 0 Å². The van der Waals surface area contributed by atoms with Gasteiger partial charge in [0.15, 0.2) is 0 Å². The third-order valence-corrected chi connectivity index (χ3v) is 6.41. The number of piperidine rings is 1. The number of hydrogen-bond acceptors (Lipinski definition) is 9. The van der Waals surface area contributed by atoms with E-state index in [-0.39, 0.29) is 12.1 Å². The largest absolute Gasteiger partial charge is 0.468 e. The maximum atomic E-state index is 11.7. The van der Waals surface area contributed by atoms with Gasteiger partial charge in [-0.15, -0.1) is 0 Å². The van der Waals surface area contributed by atoms with Gasteiger partial charge in [0.05, 0.1) is 51.1 Å². The maximum Gasteiger partial charge on any atom is 0.325 e. The molecule has 0 bridgehead atoms. The Kier molecular flexibility index (Phi) is 16.5. The molecule has 1 aromatic carbocycles. The van der Waals surface area contributed by atoms with Gasteiger partial charge in [0.2, 0.25) is 6.41 Å². The first-order valence-electron chi connectivity index (χ1n) is 14.5. The van der Waals surface area contributed by atoms with Crippen molar-refractivity contribution >= 4 is 34.5 Å². The molecule has 230 valence electrons. The fraction of sp³-hybridized carbons (Fsp3) is 0.484. The minimum absolute atomic E-state index is 0.217. The Morgan fingerprint density at radius 3 is 2.40 bits per heavy atom. The quantitative estimate of drug-likeness (QED) is 0.183. The number of anilines is 2. The molecule has 1 fully saturated rings. The van der Waals surface area contributed by atoms with Crippen molar-refractivity contribution in [2.45, 2.75) is 39.7 Å². The fourth-order valence-electron chi connectivity index (χ4n) is 4.31. The van der Waals surface area contributed by atoms with Crippen LogP contribution in [0.15, 0.2) is 59.8 Å². The lowest BCUT2D eigenvalue weighted by Crippen LogP contribution is -2.29. The van der Waals surface area contributed by atoms with E-state index in [0.717, 1.165) is 0 Å². The predicted molar refractivity (Wildman–Crippen MR) is 166 cm³/mol. The van der Waals surface area contributed by atoms with Crippen molar-refractivity contribution in [3.05, 3.63) is 65.3 Å². The molecule has 4 rings (SSSR count). The summed E-state index contributed by atoms with van der Waals surface area (Å²) in [6.45, 7) is 8.51. The molecule has 1 aliphatic rings. The van der Waals surface area contributed by atoms with Crippen LogP contribution in [0, 0.1) is 0 Å². The number of fused-ring (bicyclic) bond motifs is 1. The SMILES string of the molecule is CC.COC(=O)Cn1cc(N(C=O)CCOCCOCCN)ccc1=O.c1ccc2c(N3CCCCC3)cncc2c1. The molecule has 1 saturated heterocycles. The number of benzene rings is 1. The number of pyridine rings is 2. The third kappa shape index (κ3) is 11.2. The number of ether oxygens (including phenoxy) is 3. The number of methoxy groups -OCH3 is 1. The van der Waals surface area contributed by atoms with Gasteiger partial charge >= 0.3 is 5.97 Å². The van der Waals surface area contributed by atoms with Gasteiger partial charge in [-0.05, 0) is 25.3 Å². The van der Waals surface area contributed by atoms with Crippen molar-refractivity contribution in [3.8, 4) is 0 Å².